The summed E-state index contributed by atoms with van der Waals surface area (Å²) >= 11 is 0. The summed E-state index contributed by atoms with van der Waals surface area (Å²) in [4.78, 5) is 4.28. The van der Waals surface area contributed by atoms with Gasteiger partial charge in [0.25, 0.3) is 0 Å². The van der Waals surface area contributed by atoms with Gasteiger partial charge in [0.05, 0.1) is 0 Å². The van der Waals surface area contributed by atoms with Gasteiger partial charge in [-0.25, -0.2) is 9.67 Å². The SMILES string of the molecule is CC(C)Cn1ncnc1CC(CO)C(C)C. The van der Waals surface area contributed by atoms with Gasteiger partial charge in [0.15, 0.2) is 0 Å². The molecule has 0 bridgehead atoms. The smallest absolute Gasteiger partial charge is 0.138 e. The molecule has 1 aromatic heterocycles. The van der Waals surface area contributed by atoms with Crippen molar-refractivity contribution < 1.29 is 5.11 Å². The van der Waals surface area contributed by atoms with Gasteiger partial charge in [-0.2, -0.15) is 5.10 Å². The first-order valence-corrected chi connectivity index (χ1v) is 6.02. The van der Waals surface area contributed by atoms with Gasteiger partial charge in [0.1, 0.15) is 12.2 Å². The molecule has 92 valence electrons. The van der Waals surface area contributed by atoms with E-state index in [1.807, 2.05) is 4.68 Å². The molecule has 1 aromatic rings. The zero-order chi connectivity index (χ0) is 12.1. The van der Waals surface area contributed by atoms with Crippen molar-refractivity contribution in [1.82, 2.24) is 14.8 Å². The lowest BCUT2D eigenvalue weighted by molar-refractivity contribution is 0.185. The Bertz CT molecular complexity index is 307. The predicted octanol–water partition coefficient (Wildman–Crippen LogP) is 1.74. The highest BCUT2D eigenvalue weighted by Crippen LogP contribution is 2.15. The van der Waals surface area contributed by atoms with Crippen molar-refractivity contribution in [2.24, 2.45) is 17.8 Å². The van der Waals surface area contributed by atoms with Gasteiger partial charge in [-0.15, -0.1) is 0 Å². The van der Waals surface area contributed by atoms with Crippen LogP contribution in [0.5, 0.6) is 0 Å². The molecule has 1 atom stereocenters. The van der Waals surface area contributed by atoms with E-state index in [1.165, 1.54) is 0 Å². The molecule has 0 saturated heterocycles. The zero-order valence-corrected chi connectivity index (χ0v) is 10.7. The molecule has 0 aliphatic heterocycles. The van der Waals surface area contributed by atoms with Crippen LogP contribution in [0.25, 0.3) is 0 Å². The fourth-order valence-electron chi connectivity index (χ4n) is 1.69. The van der Waals surface area contributed by atoms with Crippen LogP contribution in [0.3, 0.4) is 0 Å². The quantitative estimate of drug-likeness (QED) is 0.802. The third-order valence-corrected chi connectivity index (χ3v) is 2.86. The fraction of sp³-hybridized carbons (Fsp3) is 0.833. The zero-order valence-electron chi connectivity index (χ0n) is 10.7. The van der Waals surface area contributed by atoms with Crippen molar-refractivity contribution in [1.29, 1.82) is 0 Å². The largest absolute Gasteiger partial charge is 0.396 e. The van der Waals surface area contributed by atoms with E-state index in [-0.39, 0.29) is 12.5 Å². The van der Waals surface area contributed by atoms with E-state index in [0.717, 1.165) is 18.8 Å². The Morgan fingerprint density at radius 2 is 2.00 bits per heavy atom. The van der Waals surface area contributed by atoms with E-state index in [0.29, 0.717) is 11.8 Å². The highest BCUT2D eigenvalue weighted by molar-refractivity contribution is 4.88. The molecule has 0 fully saturated rings. The van der Waals surface area contributed by atoms with Crippen molar-refractivity contribution in [3.63, 3.8) is 0 Å². The molecule has 0 aliphatic rings. The number of hydrogen-bond donors (Lipinski definition) is 1. The summed E-state index contributed by atoms with van der Waals surface area (Å²) < 4.78 is 1.95. The molecular weight excluding hydrogens is 202 g/mol. The van der Waals surface area contributed by atoms with Crippen LogP contribution < -0.4 is 0 Å². The molecule has 1 heterocycles. The number of aliphatic hydroxyl groups is 1. The molecule has 0 radical (unpaired) electrons. The standard InChI is InChI=1S/C12H23N3O/c1-9(2)6-15-12(13-8-14-15)5-11(7-16)10(3)4/h8-11,16H,5-7H2,1-4H3. The Balaban J connectivity index is 2.68. The van der Waals surface area contributed by atoms with E-state index >= 15 is 0 Å². The first kappa shape index (κ1) is 13.2. The predicted molar refractivity (Wildman–Crippen MR) is 64.0 cm³/mol. The molecule has 0 aliphatic carbocycles. The lowest BCUT2D eigenvalue weighted by Crippen LogP contribution is -2.20. The van der Waals surface area contributed by atoms with Crippen LogP contribution in [0.1, 0.15) is 33.5 Å². The minimum atomic E-state index is 0.214. The second kappa shape index (κ2) is 5.99. The summed E-state index contributed by atoms with van der Waals surface area (Å²) in [5.41, 5.74) is 0. The molecule has 1 rings (SSSR count). The van der Waals surface area contributed by atoms with Crippen LogP contribution in [-0.4, -0.2) is 26.5 Å². The van der Waals surface area contributed by atoms with E-state index in [4.69, 9.17) is 0 Å². The van der Waals surface area contributed by atoms with Gasteiger partial charge < -0.3 is 5.11 Å². The maximum atomic E-state index is 9.31. The molecule has 16 heavy (non-hydrogen) atoms. The lowest BCUT2D eigenvalue weighted by atomic mass is 9.93. The van der Waals surface area contributed by atoms with Crippen LogP contribution in [0.2, 0.25) is 0 Å². The second-order valence-corrected chi connectivity index (χ2v) is 5.14. The topological polar surface area (TPSA) is 50.9 Å². The Morgan fingerprint density at radius 3 is 2.50 bits per heavy atom. The highest BCUT2D eigenvalue weighted by Gasteiger charge is 2.16. The van der Waals surface area contributed by atoms with Crippen LogP contribution in [0.15, 0.2) is 6.33 Å². The van der Waals surface area contributed by atoms with Gasteiger partial charge >= 0.3 is 0 Å². The van der Waals surface area contributed by atoms with Crippen molar-refractivity contribution in [3.05, 3.63) is 12.2 Å². The van der Waals surface area contributed by atoms with E-state index in [9.17, 15) is 5.11 Å². The van der Waals surface area contributed by atoms with Gasteiger partial charge in [-0.1, -0.05) is 27.7 Å². The van der Waals surface area contributed by atoms with Crippen molar-refractivity contribution in [3.8, 4) is 0 Å². The normalized spacial score (nSPS) is 13.7. The lowest BCUT2D eigenvalue weighted by Gasteiger charge is -2.18. The van der Waals surface area contributed by atoms with Gasteiger partial charge in [-0.05, 0) is 17.8 Å². The summed E-state index contributed by atoms with van der Waals surface area (Å²) in [6.45, 7) is 9.70. The molecular formula is C12H23N3O. The van der Waals surface area contributed by atoms with Crippen molar-refractivity contribution in [2.75, 3.05) is 6.61 Å². The Morgan fingerprint density at radius 1 is 1.31 bits per heavy atom. The minimum absolute atomic E-state index is 0.214. The Labute approximate surface area is 97.7 Å². The summed E-state index contributed by atoms with van der Waals surface area (Å²) in [5.74, 6) is 2.29. The van der Waals surface area contributed by atoms with Crippen LogP contribution in [0.4, 0.5) is 0 Å². The Hall–Kier alpha value is -0.900. The average molecular weight is 225 g/mol. The molecule has 0 amide bonds. The first-order chi connectivity index (χ1) is 7.54. The van der Waals surface area contributed by atoms with Gasteiger partial charge in [0, 0.05) is 19.6 Å². The molecule has 1 N–H and O–H groups in total. The van der Waals surface area contributed by atoms with Crippen molar-refractivity contribution >= 4 is 0 Å². The summed E-state index contributed by atoms with van der Waals surface area (Å²) in [6.07, 6.45) is 2.41. The third kappa shape index (κ3) is 3.59. The van der Waals surface area contributed by atoms with Gasteiger partial charge in [0.2, 0.25) is 0 Å². The number of hydrogen-bond acceptors (Lipinski definition) is 3. The van der Waals surface area contributed by atoms with Gasteiger partial charge in [-0.3, -0.25) is 0 Å². The molecule has 0 spiro atoms. The maximum Gasteiger partial charge on any atom is 0.138 e. The summed E-state index contributed by atoms with van der Waals surface area (Å²) in [5, 5.41) is 13.5. The number of aliphatic hydroxyl groups excluding tert-OH is 1. The van der Waals surface area contributed by atoms with Crippen LogP contribution in [-0.2, 0) is 13.0 Å². The molecule has 0 saturated carbocycles. The fourth-order valence-corrected chi connectivity index (χ4v) is 1.69. The summed E-state index contributed by atoms with van der Waals surface area (Å²) in [7, 11) is 0. The molecule has 0 aromatic carbocycles. The maximum absolute atomic E-state index is 9.31. The summed E-state index contributed by atoms with van der Waals surface area (Å²) in [6, 6.07) is 0. The number of aromatic nitrogens is 3. The molecule has 1 unspecified atom stereocenters. The third-order valence-electron chi connectivity index (χ3n) is 2.86. The van der Waals surface area contributed by atoms with Crippen molar-refractivity contribution in [2.45, 2.75) is 40.7 Å². The van der Waals surface area contributed by atoms with Crippen LogP contribution >= 0.6 is 0 Å². The highest BCUT2D eigenvalue weighted by atomic mass is 16.3. The van der Waals surface area contributed by atoms with Crippen LogP contribution in [0, 0.1) is 17.8 Å². The molecule has 4 heteroatoms. The van der Waals surface area contributed by atoms with E-state index in [2.05, 4.69) is 37.8 Å². The number of rotatable bonds is 6. The van der Waals surface area contributed by atoms with E-state index < -0.39 is 0 Å². The number of nitrogens with zero attached hydrogens (tertiary/aromatic N) is 3. The monoisotopic (exact) mass is 225 g/mol. The minimum Gasteiger partial charge on any atom is -0.396 e. The van der Waals surface area contributed by atoms with E-state index in [1.54, 1.807) is 6.33 Å². The second-order valence-electron chi connectivity index (χ2n) is 5.14. The first-order valence-electron chi connectivity index (χ1n) is 6.02. The Kier molecular flexibility index (Phi) is 4.93. The average Bonchev–Trinajstić information content (AvgIpc) is 2.60. The molecule has 4 nitrogen and oxygen atoms in total.